The second-order valence-electron chi connectivity index (χ2n) is 8.93. The highest BCUT2D eigenvalue weighted by Gasteiger charge is 2.57. The molecule has 2 N–H and O–H groups in total. The molecule has 0 radical (unpaired) electrons. The van der Waals surface area contributed by atoms with Gasteiger partial charge in [0.25, 0.3) is 0 Å². The van der Waals surface area contributed by atoms with Crippen LogP contribution in [0.4, 0.5) is 0 Å². The maximum atomic E-state index is 13.0. The topological polar surface area (TPSA) is 74.6 Å². The van der Waals surface area contributed by atoms with E-state index < -0.39 is 23.1 Å². The van der Waals surface area contributed by atoms with Gasteiger partial charge in [0, 0.05) is 22.1 Å². The maximum Gasteiger partial charge on any atom is 0.233 e. The molecule has 0 aromatic carbocycles. The van der Waals surface area contributed by atoms with Gasteiger partial charge in [0.1, 0.15) is 5.76 Å². The summed E-state index contributed by atoms with van der Waals surface area (Å²) in [4.78, 5) is 25.6. The number of hydrogen-bond acceptors (Lipinski definition) is 4. The third-order valence-corrected chi connectivity index (χ3v) is 6.63. The Hall–Kier alpha value is -1.42. The van der Waals surface area contributed by atoms with E-state index in [2.05, 4.69) is 13.8 Å². The number of aliphatic hydroxyl groups excluding tert-OH is 2. The molecule has 3 rings (SSSR count). The zero-order valence-corrected chi connectivity index (χ0v) is 15.3. The number of hydrogen-bond donors (Lipinski definition) is 2. The van der Waals surface area contributed by atoms with Crippen LogP contribution in [0, 0.1) is 22.7 Å². The smallest absolute Gasteiger partial charge is 0.233 e. The molecule has 0 bridgehead atoms. The normalized spacial score (nSPS) is 36.1. The summed E-state index contributed by atoms with van der Waals surface area (Å²) in [6.07, 6.45) is 2.48. The number of fused-ring (bicyclic) bond motifs is 2. The molecule has 3 aliphatic carbocycles. The lowest BCUT2D eigenvalue weighted by Crippen LogP contribution is -2.52. The summed E-state index contributed by atoms with van der Waals surface area (Å²) >= 11 is 0. The lowest BCUT2D eigenvalue weighted by molar-refractivity contribution is -0.135. The summed E-state index contributed by atoms with van der Waals surface area (Å²) in [7, 11) is 0. The third-order valence-electron chi connectivity index (χ3n) is 6.63. The van der Waals surface area contributed by atoms with Gasteiger partial charge in [-0.25, -0.2) is 0 Å². The molecule has 0 saturated heterocycles. The van der Waals surface area contributed by atoms with E-state index in [9.17, 15) is 19.8 Å². The van der Waals surface area contributed by atoms with Crippen LogP contribution in [-0.2, 0) is 9.59 Å². The van der Waals surface area contributed by atoms with E-state index in [1.165, 1.54) is 0 Å². The number of carbonyl (C=O) groups excluding carboxylic acids is 2. The van der Waals surface area contributed by atoms with Crippen molar-refractivity contribution in [3.8, 4) is 0 Å². The van der Waals surface area contributed by atoms with Crippen LogP contribution < -0.4 is 0 Å². The third kappa shape index (κ3) is 2.15. The van der Waals surface area contributed by atoms with Crippen LogP contribution in [0.3, 0.4) is 0 Å². The monoisotopic (exact) mass is 332 g/mol. The first-order chi connectivity index (χ1) is 11.0. The van der Waals surface area contributed by atoms with E-state index in [1.54, 1.807) is 13.8 Å². The van der Waals surface area contributed by atoms with Gasteiger partial charge in [0.2, 0.25) is 11.6 Å². The first-order valence-electron chi connectivity index (χ1n) is 8.97. The molecule has 0 spiro atoms. The first-order valence-corrected chi connectivity index (χ1v) is 8.97. The van der Waals surface area contributed by atoms with Gasteiger partial charge in [0.05, 0.1) is 6.10 Å². The van der Waals surface area contributed by atoms with E-state index in [0.717, 1.165) is 19.3 Å². The molecule has 1 fully saturated rings. The standard InChI is InChI=1S/C20H28O4/c1-10(2)13-16(22)14-11(21)9-12-19(3,4)7-6-8-20(12,5)15(14)18(24)17(13)23/h10-12,21-22H,6-9H2,1-5H3/t11-,12+,20-/m0/s1. The van der Waals surface area contributed by atoms with Crippen molar-refractivity contribution in [2.45, 2.75) is 66.4 Å². The van der Waals surface area contributed by atoms with Gasteiger partial charge in [0.15, 0.2) is 0 Å². The molecule has 0 amide bonds. The summed E-state index contributed by atoms with van der Waals surface area (Å²) < 4.78 is 0. The van der Waals surface area contributed by atoms with Crippen molar-refractivity contribution in [2.24, 2.45) is 22.7 Å². The van der Waals surface area contributed by atoms with E-state index >= 15 is 0 Å². The fourth-order valence-corrected chi connectivity index (χ4v) is 5.50. The van der Waals surface area contributed by atoms with Crippen molar-refractivity contribution < 1.29 is 19.8 Å². The molecule has 4 heteroatoms. The van der Waals surface area contributed by atoms with Crippen molar-refractivity contribution in [1.82, 2.24) is 0 Å². The highest BCUT2D eigenvalue weighted by atomic mass is 16.3. The van der Waals surface area contributed by atoms with E-state index in [4.69, 9.17) is 0 Å². The molecule has 4 nitrogen and oxygen atoms in total. The van der Waals surface area contributed by atoms with E-state index in [0.29, 0.717) is 17.6 Å². The van der Waals surface area contributed by atoms with Crippen molar-refractivity contribution in [1.29, 1.82) is 0 Å². The molecule has 0 heterocycles. The minimum absolute atomic E-state index is 0.00645. The lowest BCUT2D eigenvalue weighted by Gasteiger charge is -2.56. The lowest BCUT2D eigenvalue weighted by atomic mass is 9.48. The number of carbonyl (C=O) groups is 2. The van der Waals surface area contributed by atoms with Gasteiger partial charge in [-0.1, -0.05) is 41.0 Å². The summed E-state index contributed by atoms with van der Waals surface area (Å²) in [5.74, 6) is -1.40. The van der Waals surface area contributed by atoms with Gasteiger partial charge >= 0.3 is 0 Å². The van der Waals surface area contributed by atoms with Gasteiger partial charge < -0.3 is 10.2 Å². The van der Waals surface area contributed by atoms with Gasteiger partial charge in [-0.15, -0.1) is 0 Å². The van der Waals surface area contributed by atoms with Crippen LogP contribution in [0.2, 0.25) is 0 Å². The molecular formula is C20H28O4. The van der Waals surface area contributed by atoms with Crippen LogP contribution in [0.25, 0.3) is 0 Å². The molecular weight excluding hydrogens is 304 g/mol. The van der Waals surface area contributed by atoms with Crippen molar-refractivity contribution in [3.63, 3.8) is 0 Å². The molecule has 3 aliphatic rings. The Morgan fingerprint density at radius 1 is 1.08 bits per heavy atom. The molecule has 3 atom stereocenters. The number of allylic oxidation sites excluding steroid dienone is 2. The van der Waals surface area contributed by atoms with Crippen molar-refractivity contribution in [2.75, 3.05) is 0 Å². The number of aliphatic hydroxyl groups is 2. The van der Waals surface area contributed by atoms with Crippen LogP contribution in [0.5, 0.6) is 0 Å². The molecule has 0 unspecified atom stereocenters. The zero-order chi connectivity index (χ0) is 18.0. The fourth-order valence-electron chi connectivity index (χ4n) is 5.50. The molecule has 0 aromatic heterocycles. The Labute approximate surface area is 143 Å². The molecule has 0 aliphatic heterocycles. The molecule has 0 aromatic rings. The minimum atomic E-state index is -0.888. The zero-order valence-electron chi connectivity index (χ0n) is 15.3. The molecule has 24 heavy (non-hydrogen) atoms. The summed E-state index contributed by atoms with van der Waals surface area (Å²) in [5, 5.41) is 21.5. The molecule has 132 valence electrons. The Kier molecular flexibility index (Phi) is 3.83. The first kappa shape index (κ1) is 17.4. The number of ketones is 2. The SMILES string of the molecule is CC(C)C1=C(O)C2=C(C(=O)C1=O)[C@@]1(C)CCCC(C)(C)[C@H]1C[C@@H]2O. The Morgan fingerprint density at radius 2 is 1.71 bits per heavy atom. The van der Waals surface area contributed by atoms with Gasteiger partial charge in [-0.2, -0.15) is 0 Å². The summed E-state index contributed by atoms with van der Waals surface area (Å²) in [5.41, 5.74) is 0.383. The average Bonchev–Trinajstić information content (AvgIpc) is 2.45. The second kappa shape index (κ2) is 5.29. The van der Waals surface area contributed by atoms with Crippen molar-refractivity contribution in [3.05, 3.63) is 22.5 Å². The number of rotatable bonds is 1. The fraction of sp³-hybridized carbons (Fsp3) is 0.700. The van der Waals surface area contributed by atoms with Crippen molar-refractivity contribution >= 4 is 11.6 Å². The largest absolute Gasteiger partial charge is 0.507 e. The maximum absolute atomic E-state index is 13.0. The highest BCUT2D eigenvalue weighted by Crippen LogP contribution is 2.61. The van der Waals surface area contributed by atoms with Crippen LogP contribution in [0.15, 0.2) is 22.5 Å². The summed E-state index contributed by atoms with van der Waals surface area (Å²) in [6, 6.07) is 0. The Morgan fingerprint density at radius 3 is 2.29 bits per heavy atom. The van der Waals surface area contributed by atoms with Crippen LogP contribution >= 0.6 is 0 Å². The minimum Gasteiger partial charge on any atom is -0.507 e. The Balaban J connectivity index is 2.27. The van der Waals surface area contributed by atoms with Gasteiger partial charge in [-0.05, 0) is 36.5 Å². The van der Waals surface area contributed by atoms with E-state index in [-0.39, 0.29) is 28.6 Å². The highest BCUT2D eigenvalue weighted by molar-refractivity contribution is 6.50. The quantitative estimate of drug-likeness (QED) is 0.569. The predicted molar refractivity (Wildman–Crippen MR) is 91.4 cm³/mol. The Bertz CT molecular complexity index is 680. The van der Waals surface area contributed by atoms with Gasteiger partial charge in [-0.3, -0.25) is 9.59 Å². The van der Waals surface area contributed by atoms with Crippen LogP contribution in [0.1, 0.15) is 60.3 Å². The average molecular weight is 332 g/mol. The second-order valence-corrected chi connectivity index (χ2v) is 8.93. The van der Waals surface area contributed by atoms with E-state index in [1.807, 2.05) is 6.92 Å². The van der Waals surface area contributed by atoms with Crippen LogP contribution in [-0.4, -0.2) is 27.9 Å². The number of Topliss-reactive ketones (excluding diaryl/α,β-unsaturated/α-hetero) is 2. The predicted octanol–water partition coefficient (Wildman–Crippen LogP) is 3.50. The molecule has 1 saturated carbocycles. The summed E-state index contributed by atoms with van der Waals surface area (Å²) in [6.45, 7) is 9.96.